The van der Waals surface area contributed by atoms with Crippen LogP contribution in [-0.2, 0) is 9.84 Å². The Kier molecular flexibility index (Phi) is 6.36. The van der Waals surface area contributed by atoms with Crippen LogP contribution in [-0.4, -0.2) is 45.5 Å². The molecule has 2 N–H and O–H groups in total. The van der Waals surface area contributed by atoms with Crippen molar-refractivity contribution in [3.63, 3.8) is 0 Å². The molecule has 0 spiro atoms. The van der Waals surface area contributed by atoms with E-state index in [4.69, 9.17) is 21.1 Å². The number of rotatable bonds is 7. The zero-order valence-electron chi connectivity index (χ0n) is 16.0. The number of halogens is 1. The van der Waals surface area contributed by atoms with Gasteiger partial charge in [0.15, 0.2) is 9.84 Å². The molecule has 156 valence electrons. The predicted molar refractivity (Wildman–Crippen MR) is 110 cm³/mol. The Morgan fingerprint density at radius 2 is 1.86 bits per heavy atom. The summed E-state index contributed by atoms with van der Waals surface area (Å²) in [6.07, 6.45) is 0.508. The van der Waals surface area contributed by atoms with Gasteiger partial charge in [-0.15, -0.1) is 0 Å². The van der Waals surface area contributed by atoms with Gasteiger partial charge in [0, 0.05) is 0 Å². The zero-order valence-corrected chi connectivity index (χ0v) is 17.6. The third-order valence-corrected chi connectivity index (χ3v) is 7.14. The van der Waals surface area contributed by atoms with Crippen LogP contribution < -0.4 is 14.8 Å². The maximum absolute atomic E-state index is 12.8. The largest absolute Gasteiger partial charge is 0.496 e. The van der Waals surface area contributed by atoms with Crippen LogP contribution in [0.1, 0.15) is 23.2 Å². The highest BCUT2D eigenvalue weighted by atomic mass is 35.5. The van der Waals surface area contributed by atoms with Gasteiger partial charge in [0.2, 0.25) is 0 Å². The van der Waals surface area contributed by atoms with Crippen molar-refractivity contribution in [1.29, 1.82) is 0 Å². The average Bonchev–Trinajstić information content (AvgIpc) is 2.67. The Morgan fingerprint density at radius 3 is 2.48 bits per heavy atom. The summed E-state index contributed by atoms with van der Waals surface area (Å²) in [7, 11) is -0.748. The lowest BCUT2D eigenvalue weighted by molar-refractivity contribution is 0.0526. The highest BCUT2D eigenvalue weighted by Crippen LogP contribution is 2.34. The molecule has 3 rings (SSSR count). The van der Waals surface area contributed by atoms with Crippen molar-refractivity contribution in [1.82, 2.24) is 0 Å². The van der Waals surface area contributed by atoms with Crippen LogP contribution in [0.4, 0.5) is 5.69 Å². The van der Waals surface area contributed by atoms with Gasteiger partial charge in [-0.3, -0.25) is 4.79 Å². The van der Waals surface area contributed by atoms with E-state index in [0.29, 0.717) is 24.3 Å². The standard InChI is InChI=1S/C20H22ClNO6S/c1-27-17-7-6-14(29(25,26)11-12-8-13(23)9-12)10-15(17)20(24)22-16-4-3-5-18(28-2)19(16)21/h3-7,10,12-13,23H,8-9,11H2,1-2H3,(H,22,24). The van der Waals surface area contributed by atoms with E-state index in [2.05, 4.69) is 5.32 Å². The molecule has 1 aliphatic carbocycles. The molecule has 0 bridgehead atoms. The van der Waals surface area contributed by atoms with Crippen LogP contribution in [0.2, 0.25) is 5.02 Å². The summed E-state index contributed by atoms with van der Waals surface area (Å²) in [5, 5.41) is 12.3. The molecule has 0 aliphatic heterocycles. The number of amides is 1. The number of aliphatic hydroxyl groups is 1. The number of sulfone groups is 1. The fraction of sp³-hybridized carbons (Fsp3) is 0.350. The van der Waals surface area contributed by atoms with Gasteiger partial charge >= 0.3 is 0 Å². The van der Waals surface area contributed by atoms with Crippen LogP contribution in [0.5, 0.6) is 11.5 Å². The average molecular weight is 440 g/mol. The van der Waals surface area contributed by atoms with E-state index in [1.807, 2.05) is 0 Å². The van der Waals surface area contributed by atoms with Gasteiger partial charge < -0.3 is 19.9 Å². The topological polar surface area (TPSA) is 102 Å². The lowest BCUT2D eigenvalue weighted by Crippen LogP contribution is -2.33. The Bertz CT molecular complexity index is 1020. The van der Waals surface area contributed by atoms with E-state index in [0.717, 1.165) is 0 Å². The molecule has 1 aliphatic rings. The molecule has 1 saturated carbocycles. The molecule has 1 fully saturated rings. The SMILES string of the molecule is COc1ccc(S(=O)(=O)CC2CC(O)C2)cc1C(=O)Nc1cccc(OC)c1Cl. The first-order valence-corrected chi connectivity index (χ1v) is 11.0. The maximum Gasteiger partial charge on any atom is 0.259 e. The van der Waals surface area contributed by atoms with Gasteiger partial charge in [-0.05, 0) is 49.1 Å². The van der Waals surface area contributed by atoms with Crippen molar-refractivity contribution in [3.05, 3.63) is 47.0 Å². The molecule has 0 aromatic heterocycles. The molecule has 0 atom stereocenters. The van der Waals surface area contributed by atoms with Crippen molar-refractivity contribution in [3.8, 4) is 11.5 Å². The molecule has 9 heteroatoms. The summed E-state index contributed by atoms with van der Waals surface area (Å²) in [5.41, 5.74) is 0.399. The van der Waals surface area contributed by atoms with Crippen LogP contribution in [0.3, 0.4) is 0 Å². The number of carbonyl (C=O) groups is 1. The molecule has 2 aromatic carbocycles. The van der Waals surface area contributed by atoms with Crippen LogP contribution in [0, 0.1) is 5.92 Å². The predicted octanol–water partition coefficient (Wildman–Crippen LogP) is 3.15. The van der Waals surface area contributed by atoms with Crippen molar-refractivity contribution in [2.45, 2.75) is 23.8 Å². The number of anilines is 1. The smallest absolute Gasteiger partial charge is 0.259 e. The zero-order chi connectivity index (χ0) is 21.2. The molecule has 29 heavy (non-hydrogen) atoms. The van der Waals surface area contributed by atoms with Gasteiger partial charge in [0.05, 0.1) is 42.2 Å². The molecule has 1 amide bonds. The number of carbonyl (C=O) groups excluding carboxylic acids is 1. The van der Waals surface area contributed by atoms with E-state index in [9.17, 15) is 18.3 Å². The monoisotopic (exact) mass is 439 g/mol. The van der Waals surface area contributed by atoms with E-state index < -0.39 is 21.8 Å². The van der Waals surface area contributed by atoms with Crippen molar-refractivity contribution in [2.24, 2.45) is 5.92 Å². The summed E-state index contributed by atoms with van der Waals surface area (Å²) in [6.45, 7) is 0. The first kappa shape index (κ1) is 21.4. The second kappa shape index (κ2) is 8.61. The molecule has 0 heterocycles. The number of hydrogen-bond donors (Lipinski definition) is 2. The number of ether oxygens (including phenoxy) is 2. The minimum atomic E-state index is -3.61. The lowest BCUT2D eigenvalue weighted by atomic mass is 9.84. The normalized spacial score (nSPS) is 18.6. The minimum absolute atomic E-state index is 0.0292. The summed E-state index contributed by atoms with van der Waals surface area (Å²) in [4.78, 5) is 12.9. The lowest BCUT2D eigenvalue weighted by Gasteiger charge is -2.30. The van der Waals surface area contributed by atoms with Gasteiger partial charge in [0.1, 0.15) is 16.5 Å². The third kappa shape index (κ3) is 4.66. The number of nitrogens with one attached hydrogen (secondary N) is 1. The number of aliphatic hydroxyl groups excluding tert-OH is 1. The molecular weight excluding hydrogens is 418 g/mol. The second-order valence-electron chi connectivity index (χ2n) is 6.91. The Balaban J connectivity index is 1.88. The molecule has 2 aromatic rings. The highest BCUT2D eigenvalue weighted by molar-refractivity contribution is 7.91. The Labute approximate surface area is 174 Å². The van der Waals surface area contributed by atoms with E-state index >= 15 is 0 Å². The minimum Gasteiger partial charge on any atom is -0.496 e. The van der Waals surface area contributed by atoms with Gasteiger partial charge in [-0.2, -0.15) is 0 Å². The summed E-state index contributed by atoms with van der Waals surface area (Å²) in [6, 6.07) is 9.10. The quantitative estimate of drug-likeness (QED) is 0.687. The molecule has 7 nitrogen and oxygen atoms in total. The third-order valence-electron chi connectivity index (χ3n) is 4.87. The fourth-order valence-electron chi connectivity index (χ4n) is 3.26. The maximum atomic E-state index is 12.8. The van der Waals surface area contributed by atoms with Gasteiger partial charge in [-0.1, -0.05) is 17.7 Å². The first-order valence-electron chi connectivity index (χ1n) is 8.98. The first-order chi connectivity index (χ1) is 13.7. The summed E-state index contributed by atoms with van der Waals surface area (Å²) < 4.78 is 35.8. The number of benzene rings is 2. The number of hydrogen-bond acceptors (Lipinski definition) is 6. The van der Waals surface area contributed by atoms with Crippen LogP contribution in [0.25, 0.3) is 0 Å². The summed E-state index contributed by atoms with van der Waals surface area (Å²) >= 11 is 6.22. The van der Waals surface area contributed by atoms with Gasteiger partial charge in [-0.25, -0.2) is 8.42 Å². The van der Waals surface area contributed by atoms with Crippen LogP contribution in [0.15, 0.2) is 41.3 Å². The second-order valence-corrected chi connectivity index (χ2v) is 9.32. The molecule has 0 unspecified atom stereocenters. The summed E-state index contributed by atoms with van der Waals surface area (Å²) in [5.74, 6) is -0.0767. The van der Waals surface area contributed by atoms with Crippen LogP contribution >= 0.6 is 11.6 Å². The van der Waals surface area contributed by atoms with Crippen molar-refractivity contribution >= 4 is 33.0 Å². The van der Waals surface area contributed by atoms with E-state index in [1.165, 1.54) is 32.4 Å². The molecule has 0 saturated heterocycles. The molecular formula is C20H22ClNO6S. The highest BCUT2D eigenvalue weighted by Gasteiger charge is 2.32. The Hall–Kier alpha value is -2.29. The van der Waals surface area contributed by atoms with Gasteiger partial charge in [0.25, 0.3) is 5.91 Å². The Morgan fingerprint density at radius 1 is 1.17 bits per heavy atom. The van der Waals surface area contributed by atoms with Crippen molar-refractivity contribution < 1.29 is 27.8 Å². The van der Waals surface area contributed by atoms with E-state index in [1.54, 1.807) is 18.2 Å². The molecule has 0 radical (unpaired) electrons. The van der Waals surface area contributed by atoms with Crippen molar-refractivity contribution in [2.75, 3.05) is 25.3 Å². The van der Waals surface area contributed by atoms with E-state index in [-0.39, 0.29) is 32.9 Å². The fourth-order valence-corrected chi connectivity index (χ4v) is 5.16. The number of methoxy groups -OCH3 is 2.